The van der Waals surface area contributed by atoms with Gasteiger partial charge in [-0.05, 0) is 182 Å². The average Bonchev–Trinajstić information content (AvgIpc) is 1.43. The van der Waals surface area contributed by atoms with E-state index in [0.29, 0.717) is 5.92 Å². The number of hydrogen-bond acceptors (Lipinski definition) is 6. The highest BCUT2D eigenvalue weighted by atomic mass is 32.2. The quantitative estimate of drug-likeness (QED) is 0.122. The number of allylic oxidation sites excluding steroid dienone is 14. The van der Waals surface area contributed by atoms with Gasteiger partial charge in [0.2, 0.25) is 0 Å². The summed E-state index contributed by atoms with van der Waals surface area (Å²) in [5.41, 5.74) is 31.1. The van der Waals surface area contributed by atoms with Crippen LogP contribution < -0.4 is 0 Å². The zero-order valence-corrected chi connectivity index (χ0v) is 60.8. The minimum atomic E-state index is 0.331. The fourth-order valence-electron chi connectivity index (χ4n) is 18.9. The van der Waals surface area contributed by atoms with Gasteiger partial charge in [-0.3, -0.25) is 13.7 Å². The average molecular weight is 1410 g/mol. The number of benzene rings is 14. The molecule has 0 radical (unpaired) electrons. The maximum absolute atomic E-state index is 5.05. The first kappa shape index (κ1) is 60.7. The van der Waals surface area contributed by atoms with E-state index in [9.17, 15) is 0 Å². The van der Waals surface area contributed by atoms with Crippen LogP contribution >= 0.6 is 35.3 Å². The predicted molar refractivity (Wildman–Crippen MR) is 443 cm³/mol. The lowest BCUT2D eigenvalue weighted by atomic mass is 9.66. The number of nitrogens with zero attached hydrogens (tertiary/aromatic N) is 6. The Balaban J connectivity index is 0.0000000968. The molecule has 0 N–H and O–H groups in total. The van der Waals surface area contributed by atoms with Crippen molar-refractivity contribution in [1.29, 1.82) is 0 Å². The molecule has 6 nitrogen and oxygen atoms in total. The second-order valence-corrected chi connectivity index (χ2v) is 31.9. The minimum absolute atomic E-state index is 0.331. The lowest BCUT2D eigenvalue weighted by molar-refractivity contribution is 0.834. The molecule has 0 fully saturated rings. The van der Waals surface area contributed by atoms with Gasteiger partial charge in [0.1, 0.15) is 17.5 Å². The van der Waals surface area contributed by atoms with Gasteiger partial charge in [0, 0.05) is 71.2 Å². The SMILES string of the molecule is CCc1nc2cccc3c2n1-c1c(cccc1-c1ccc2c4c(cccc14)-c1ccccc1-2)S3.CCc1nc2cccc3c2n1-c1c(cccc1-c1ccc2c4cccc5cccc(c6cccc1c62)c54)S3.CCc1nc2cccc3c2n1-c1c(cccc1C1=C2C=CC=C4C=CC5=C(C(=C1)CC=C5)C42)S3. The molecule has 0 amide bonds. The zero-order chi connectivity index (χ0) is 69.7. The monoisotopic (exact) mass is 1410 g/mol. The van der Waals surface area contributed by atoms with Crippen LogP contribution in [0.5, 0.6) is 0 Å². The Morgan fingerprint density at radius 2 is 0.792 bits per heavy atom. The van der Waals surface area contributed by atoms with Crippen molar-refractivity contribution in [2.75, 3.05) is 0 Å². The molecule has 25 rings (SSSR count). The predicted octanol–water partition coefficient (Wildman–Crippen LogP) is 26.0. The van der Waals surface area contributed by atoms with Crippen molar-refractivity contribution in [2.45, 2.75) is 75.8 Å². The van der Waals surface area contributed by atoms with Gasteiger partial charge in [0.05, 0.1) is 50.2 Å². The van der Waals surface area contributed by atoms with Crippen molar-refractivity contribution in [3.05, 3.63) is 330 Å². The Morgan fingerprint density at radius 3 is 1.37 bits per heavy atom. The summed E-state index contributed by atoms with van der Waals surface area (Å²) in [6, 6.07) is 84.9. The van der Waals surface area contributed by atoms with Crippen LogP contribution in [0.1, 0.15) is 50.2 Å². The van der Waals surface area contributed by atoms with Crippen molar-refractivity contribution >= 4 is 128 Å². The molecule has 500 valence electrons. The third kappa shape index (κ3) is 8.53. The largest absolute Gasteiger partial charge is 0.293 e. The molecule has 3 aliphatic heterocycles. The van der Waals surface area contributed by atoms with E-state index >= 15 is 0 Å². The highest BCUT2D eigenvalue weighted by Gasteiger charge is 2.38. The number of hydrogen-bond donors (Lipinski definition) is 0. The summed E-state index contributed by atoms with van der Waals surface area (Å²) in [5.74, 6) is 3.70. The Hall–Kier alpha value is -11.7. The summed E-state index contributed by atoms with van der Waals surface area (Å²) in [6.45, 7) is 6.61. The highest BCUT2D eigenvalue weighted by Crippen LogP contribution is 2.57. The first-order chi connectivity index (χ1) is 52.5. The maximum Gasteiger partial charge on any atom is 0.114 e. The molecule has 9 heteroatoms. The summed E-state index contributed by atoms with van der Waals surface area (Å²) < 4.78 is 7.29. The topological polar surface area (TPSA) is 53.5 Å². The van der Waals surface area contributed by atoms with Crippen molar-refractivity contribution in [1.82, 2.24) is 28.7 Å². The smallest absolute Gasteiger partial charge is 0.114 e. The van der Waals surface area contributed by atoms with Crippen LogP contribution in [-0.2, 0) is 19.3 Å². The standard InChI is InChI=1S/C35H22N2S.C31H22N2S.C31H20N2S/c1-2-31-36-28-15-7-17-30-35(28)37(31)34-27(14-6-16-29(34)38-30)21-18-19-26-24-11-4-9-20-8-3-10-23(32(20)24)25-13-5-12-22(21)33(25)26;1-2-27-32-24-12-6-14-26-31(24)33(27)30-22(11-5-13-25(30)34-26)23-17-20-9-3-7-18-15-16-19-8-4-10-21(23)29(19)28(18)20;1-2-28-32-25-13-7-15-27-31(25)33(28)30-24(12-6-14-26(30)34-27)20-16-17-23-19-9-4-3-8-18(19)21-10-5-11-22(20)29(21)23/h3-19H,2H2,1H3;3-8,10-17,29H,2,9H2,1H3;3-17H,2H2,1H3. The summed E-state index contributed by atoms with van der Waals surface area (Å²) in [6.07, 6.45) is 22.2. The summed E-state index contributed by atoms with van der Waals surface area (Å²) in [7, 11) is 0. The Labute approximate surface area is 625 Å². The van der Waals surface area contributed by atoms with Crippen LogP contribution in [0, 0.1) is 5.92 Å². The Kier molecular flexibility index (Phi) is 13.2. The van der Waals surface area contributed by atoms with Gasteiger partial charge in [-0.25, -0.2) is 15.0 Å². The van der Waals surface area contributed by atoms with Gasteiger partial charge in [-0.2, -0.15) is 0 Å². The Morgan fingerprint density at radius 1 is 0.358 bits per heavy atom. The van der Waals surface area contributed by atoms with Crippen molar-refractivity contribution in [2.24, 2.45) is 5.92 Å². The van der Waals surface area contributed by atoms with E-state index in [1.54, 1.807) is 0 Å². The molecule has 14 aromatic carbocycles. The third-order valence-electron chi connectivity index (χ3n) is 23.2. The van der Waals surface area contributed by atoms with Crippen LogP contribution in [0.3, 0.4) is 0 Å². The third-order valence-corrected chi connectivity index (χ3v) is 26.5. The highest BCUT2D eigenvalue weighted by molar-refractivity contribution is 8.00. The molecule has 6 heterocycles. The van der Waals surface area contributed by atoms with Crippen LogP contribution in [0.25, 0.3) is 154 Å². The fourth-order valence-corrected chi connectivity index (χ4v) is 22.3. The molecule has 5 aliphatic carbocycles. The summed E-state index contributed by atoms with van der Waals surface area (Å²) >= 11 is 5.60. The van der Waals surface area contributed by atoms with E-state index in [1.807, 2.05) is 35.3 Å². The van der Waals surface area contributed by atoms with E-state index in [1.165, 1.54) is 200 Å². The van der Waals surface area contributed by atoms with Gasteiger partial charge < -0.3 is 0 Å². The molecule has 8 aliphatic rings. The number of fused-ring (bicyclic) bond motifs is 11. The van der Waals surface area contributed by atoms with Gasteiger partial charge in [0.25, 0.3) is 0 Å². The van der Waals surface area contributed by atoms with Crippen LogP contribution in [0.4, 0.5) is 0 Å². The molecule has 0 saturated heterocycles. The van der Waals surface area contributed by atoms with Gasteiger partial charge >= 0.3 is 0 Å². The summed E-state index contributed by atoms with van der Waals surface area (Å²) in [4.78, 5) is 22.8. The molecule has 0 spiro atoms. The molecule has 1 atom stereocenters. The lowest BCUT2D eigenvalue weighted by Crippen LogP contribution is -2.22. The number of aromatic nitrogens is 6. The van der Waals surface area contributed by atoms with Crippen molar-refractivity contribution in [3.63, 3.8) is 0 Å². The Bertz CT molecular complexity index is 7010. The fraction of sp³-hybridized carbons (Fsp3) is 0.0825. The van der Waals surface area contributed by atoms with E-state index in [4.69, 9.17) is 15.0 Å². The normalized spacial score (nSPS) is 15.5. The number of imidazole rings is 3. The second-order valence-electron chi connectivity index (χ2n) is 28.6. The minimum Gasteiger partial charge on any atom is -0.293 e. The molecular weight excluding hydrogens is 1350 g/mol. The van der Waals surface area contributed by atoms with E-state index < -0.39 is 0 Å². The van der Waals surface area contributed by atoms with E-state index in [-0.39, 0.29) is 0 Å². The van der Waals surface area contributed by atoms with Crippen molar-refractivity contribution in [3.8, 4) is 61.6 Å². The van der Waals surface area contributed by atoms with Crippen LogP contribution in [0.2, 0.25) is 0 Å². The first-order valence-electron chi connectivity index (χ1n) is 37.1. The summed E-state index contributed by atoms with van der Waals surface area (Å²) in [5, 5.41) is 13.3. The van der Waals surface area contributed by atoms with Gasteiger partial charge in [-0.15, -0.1) is 0 Å². The molecule has 106 heavy (non-hydrogen) atoms. The number of para-hydroxylation sites is 6. The molecular formula is C97H64N6S3. The number of aryl methyl sites for hydroxylation is 3. The van der Waals surface area contributed by atoms with E-state index in [0.717, 1.165) is 59.7 Å². The second kappa shape index (κ2) is 23.1. The maximum atomic E-state index is 5.05. The zero-order valence-electron chi connectivity index (χ0n) is 58.4. The molecule has 0 bridgehead atoms. The lowest BCUT2D eigenvalue weighted by Gasteiger charge is -2.37. The molecule has 3 aromatic heterocycles. The first-order valence-corrected chi connectivity index (χ1v) is 39.5. The van der Waals surface area contributed by atoms with Crippen molar-refractivity contribution < 1.29 is 0 Å². The van der Waals surface area contributed by atoms with Crippen LogP contribution in [0.15, 0.2) is 336 Å². The van der Waals surface area contributed by atoms with Gasteiger partial charge in [-0.1, -0.05) is 281 Å². The molecule has 0 saturated carbocycles. The van der Waals surface area contributed by atoms with Gasteiger partial charge in [0.15, 0.2) is 0 Å². The molecule has 17 aromatic rings. The van der Waals surface area contributed by atoms with Crippen LogP contribution in [-0.4, -0.2) is 28.7 Å². The molecule has 1 unspecified atom stereocenters. The van der Waals surface area contributed by atoms with E-state index in [2.05, 4.69) is 314 Å². The number of rotatable bonds is 6.